The van der Waals surface area contributed by atoms with Crippen molar-refractivity contribution in [2.24, 2.45) is 5.73 Å². The van der Waals surface area contributed by atoms with E-state index >= 15 is 0 Å². The maximum absolute atomic E-state index is 13.3. The molecule has 0 aliphatic carbocycles. The Kier molecular flexibility index (Phi) is 3.93. The number of pyridine rings is 1. The molecule has 5 nitrogen and oxygen atoms in total. The summed E-state index contributed by atoms with van der Waals surface area (Å²) in [5, 5.41) is 3.17. The molecular formula is C11H11ClFN3O2. The van der Waals surface area contributed by atoms with E-state index in [1.54, 1.807) is 7.05 Å². The fourth-order valence-electron chi connectivity index (χ4n) is 1.66. The van der Waals surface area contributed by atoms with Gasteiger partial charge in [0.2, 0.25) is 0 Å². The number of primary amides is 1. The topological polar surface area (TPSA) is 88.0 Å². The number of halogens is 2. The third-order valence-corrected chi connectivity index (χ3v) is 2.45. The fraction of sp³-hybridized carbons (Fsp3) is 0.0909. The molecule has 1 amide bonds. The highest BCUT2D eigenvalue weighted by molar-refractivity contribution is 5.98. The Morgan fingerprint density at radius 3 is 2.61 bits per heavy atom. The lowest BCUT2D eigenvalue weighted by atomic mass is 10.1. The number of carbonyl (C=O) groups is 1. The minimum absolute atomic E-state index is 0. The molecule has 2 rings (SSSR count). The second-order valence-corrected chi connectivity index (χ2v) is 3.54. The van der Waals surface area contributed by atoms with Crippen LogP contribution in [0.2, 0.25) is 0 Å². The molecule has 1 heterocycles. The quantitative estimate of drug-likeness (QED) is 0.768. The van der Waals surface area contributed by atoms with Gasteiger partial charge in [-0.05, 0) is 18.2 Å². The maximum Gasteiger partial charge on any atom is 0.261 e. The van der Waals surface area contributed by atoms with Crippen LogP contribution in [0.3, 0.4) is 0 Å². The fourth-order valence-corrected chi connectivity index (χ4v) is 1.66. The van der Waals surface area contributed by atoms with Gasteiger partial charge in [0.1, 0.15) is 11.4 Å². The van der Waals surface area contributed by atoms with E-state index < -0.39 is 17.3 Å². The maximum atomic E-state index is 13.3. The average molecular weight is 272 g/mol. The lowest BCUT2D eigenvalue weighted by molar-refractivity contribution is 0.0999. The Hall–Kier alpha value is -2.08. The molecule has 0 saturated carbocycles. The summed E-state index contributed by atoms with van der Waals surface area (Å²) in [4.78, 5) is 25.0. The molecule has 0 atom stereocenters. The van der Waals surface area contributed by atoms with Crippen LogP contribution >= 0.6 is 12.4 Å². The highest BCUT2D eigenvalue weighted by atomic mass is 35.5. The Morgan fingerprint density at radius 1 is 1.39 bits per heavy atom. The number of fused-ring (bicyclic) bond motifs is 1. The molecule has 1 aromatic carbocycles. The third-order valence-electron chi connectivity index (χ3n) is 2.45. The minimum atomic E-state index is -0.844. The number of anilines is 1. The SMILES string of the molecule is CNc1cc(F)cc2cc(C(N)=O)c(=O)[nH]c12.Cl. The summed E-state index contributed by atoms with van der Waals surface area (Å²) in [5.74, 6) is -1.31. The number of hydrogen-bond donors (Lipinski definition) is 3. The lowest BCUT2D eigenvalue weighted by Gasteiger charge is -2.07. The van der Waals surface area contributed by atoms with Crippen molar-refractivity contribution in [1.29, 1.82) is 0 Å². The van der Waals surface area contributed by atoms with Crippen molar-refractivity contribution in [3.63, 3.8) is 0 Å². The Bertz CT molecular complexity index is 669. The first kappa shape index (κ1) is 14.0. The molecule has 2 aromatic rings. The zero-order valence-electron chi connectivity index (χ0n) is 9.41. The molecule has 96 valence electrons. The van der Waals surface area contributed by atoms with Crippen LogP contribution in [0.1, 0.15) is 10.4 Å². The van der Waals surface area contributed by atoms with E-state index in [2.05, 4.69) is 10.3 Å². The molecular weight excluding hydrogens is 261 g/mol. The predicted octanol–water partition coefficient (Wildman–Crippen LogP) is 1.23. The molecule has 0 radical (unpaired) electrons. The first-order valence-corrected chi connectivity index (χ1v) is 4.87. The number of aromatic nitrogens is 1. The van der Waals surface area contributed by atoms with Crippen molar-refractivity contribution in [2.45, 2.75) is 0 Å². The molecule has 0 saturated heterocycles. The zero-order chi connectivity index (χ0) is 12.6. The highest BCUT2D eigenvalue weighted by Crippen LogP contribution is 2.22. The predicted molar refractivity (Wildman–Crippen MR) is 69.8 cm³/mol. The first-order valence-electron chi connectivity index (χ1n) is 4.87. The van der Waals surface area contributed by atoms with E-state index in [1.165, 1.54) is 18.2 Å². The van der Waals surface area contributed by atoms with E-state index in [1.807, 2.05) is 0 Å². The largest absolute Gasteiger partial charge is 0.386 e. The number of benzene rings is 1. The summed E-state index contributed by atoms with van der Waals surface area (Å²) < 4.78 is 13.3. The van der Waals surface area contributed by atoms with Gasteiger partial charge in [-0.2, -0.15) is 0 Å². The van der Waals surface area contributed by atoms with Crippen LogP contribution in [0.15, 0.2) is 23.0 Å². The van der Waals surface area contributed by atoms with Crippen LogP contribution in [-0.4, -0.2) is 17.9 Å². The van der Waals surface area contributed by atoms with Crippen LogP contribution in [0.5, 0.6) is 0 Å². The van der Waals surface area contributed by atoms with E-state index in [-0.39, 0.29) is 18.0 Å². The molecule has 4 N–H and O–H groups in total. The zero-order valence-corrected chi connectivity index (χ0v) is 10.2. The van der Waals surface area contributed by atoms with Crippen LogP contribution in [0, 0.1) is 5.82 Å². The lowest BCUT2D eigenvalue weighted by Crippen LogP contribution is -2.23. The van der Waals surface area contributed by atoms with Crippen molar-refractivity contribution in [3.05, 3.63) is 39.9 Å². The minimum Gasteiger partial charge on any atom is -0.386 e. The van der Waals surface area contributed by atoms with Gasteiger partial charge in [-0.15, -0.1) is 12.4 Å². The number of carbonyl (C=O) groups excluding carboxylic acids is 1. The second kappa shape index (κ2) is 5.05. The molecule has 1 aromatic heterocycles. The smallest absolute Gasteiger partial charge is 0.261 e. The number of H-pyrrole nitrogens is 1. The van der Waals surface area contributed by atoms with Crippen molar-refractivity contribution < 1.29 is 9.18 Å². The van der Waals surface area contributed by atoms with E-state index in [4.69, 9.17) is 5.73 Å². The number of hydrogen-bond acceptors (Lipinski definition) is 3. The van der Waals surface area contributed by atoms with Gasteiger partial charge in [0, 0.05) is 12.4 Å². The Balaban J connectivity index is 0.00000162. The van der Waals surface area contributed by atoms with Crippen molar-refractivity contribution in [2.75, 3.05) is 12.4 Å². The molecule has 0 unspecified atom stereocenters. The Morgan fingerprint density at radius 2 is 2.06 bits per heavy atom. The molecule has 0 fully saturated rings. The number of aromatic amines is 1. The van der Waals surface area contributed by atoms with E-state index in [0.717, 1.165) is 0 Å². The number of amides is 1. The standard InChI is InChI=1S/C11H10FN3O2.ClH/c1-14-8-4-6(12)2-5-3-7(10(13)16)11(17)15-9(5)8;/h2-4,14H,1H3,(H2,13,16)(H,15,17);1H. The van der Waals surface area contributed by atoms with Gasteiger partial charge >= 0.3 is 0 Å². The Labute approximate surface area is 108 Å². The van der Waals surface area contributed by atoms with Crippen LogP contribution in [0.25, 0.3) is 10.9 Å². The van der Waals surface area contributed by atoms with Gasteiger partial charge in [0.15, 0.2) is 0 Å². The van der Waals surface area contributed by atoms with Gasteiger partial charge < -0.3 is 16.0 Å². The van der Waals surface area contributed by atoms with Gasteiger partial charge in [-0.1, -0.05) is 0 Å². The van der Waals surface area contributed by atoms with Crippen LogP contribution in [-0.2, 0) is 0 Å². The first-order chi connectivity index (χ1) is 8.02. The number of nitrogens with one attached hydrogen (secondary N) is 2. The van der Waals surface area contributed by atoms with Gasteiger partial charge in [0.25, 0.3) is 11.5 Å². The average Bonchev–Trinajstić information content (AvgIpc) is 2.27. The summed E-state index contributed by atoms with van der Waals surface area (Å²) in [7, 11) is 1.61. The molecule has 0 aliphatic rings. The summed E-state index contributed by atoms with van der Waals surface area (Å²) in [5.41, 5.74) is 5.14. The van der Waals surface area contributed by atoms with Crippen molar-refractivity contribution in [3.8, 4) is 0 Å². The normalized spacial score (nSPS) is 9.89. The molecule has 7 heteroatoms. The summed E-state index contributed by atoms with van der Waals surface area (Å²) in [6.45, 7) is 0. The van der Waals surface area contributed by atoms with Crippen LogP contribution in [0.4, 0.5) is 10.1 Å². The molecule has 0 bridgehead atoms. The van der Waals surface area contributed by atoms with Crippen molar-refractivity contribution >= 4 is 34.9 Å². The number of rotatable bonds is 2. The van der Waals surface area contributed by atoms with Gasteiger partial charge in [-0.3, -0.25) is 9.59 Å². The van der Waals surface area contributed by atoms with E-state index in [0.29, 0.717) is 16.6 Å². The van der Waals surface area contributed by atoms with Crippen LogP contribution < -0.4 is 16.6 Å². The second-order valence-electron chi connectivity index (χ2n) is 3.54. The summed E-state index contributed by atoms with van der Waals surface area (Å²) >= 11 is 0. The number of nitrogens with two attached hydrogens (primary N) is 1. The monoisotopic (exact) mass is 271 g/mol. The summed E-state index contributed by atoms with van der Waals surface area (Å²) in [6.07, 6.45) is 0. The van der Waals surface area contributed by atoms with Gasteiger partial charge in [0.05, 0.1) is 11.2 Å². The van der Waals surface area contributed by atoms with Gasteiger partial charge in [-0.25, -0.2) is 4.39 Å². The molecule has 18 heavy (non-hydrogen) atoms. The molecule has 0 spiro atoms. The van der Waals surface area contributed by atoms with Crippen molar-refractivity contribution in [1.82, 2.24) is 4.98 Å². The third kappa shape index (κ3) is 2.28. The summed E-state index contributed by atoms with van der Waals surface area (Å²) in [6, 6.07) is 3.75. The highest BCUT2D eigenvalue weighted by Gasteiger charge is 2.11. The van der Waals surface area contributed by atoms with E-state index in [9.17, 15) is 14.0 Å². The molecule has 0 aliphatic heterocycles.